The van der Waals surface area contributed by atoms with E-state index in [4.69, 9.17) is 5.73 Å². The van der Waals surface area contributed by atoms with Gasteiger partial charge in [-0.05, 0) is 10.9 Å². The minimum atomic E-state index is -0.295. The highest BCUT2D eigenvalue weighted by atomic mass is 16.3. The number of anilines is 1. The van der Waals surface area contributed by atoms with Crippen LogP contribution in [-0.2, 0) is 0 Å². The zero-order valence-corrected chi connectivity index (χ0v) is 12.2. The molecule has 0 spiro atoms. The van der Waals surface area contributed by atoms with Crippen molar-refractivity contribution in [1.82, 2.24) is 4.98 Å². The molecular weight excluding hydrogens is 288 g/mol. The number of hydrogen-bond donors (Lipinski definition) is 3. The topological polar surface area (TPSA) is 79.1 Å². The van der Waals surface area contributed by atoms with Gasteiger partial charge in [0.15, 0.2) is 5.43 Å². The SMILES string of the molecule is Nc1cc(=O)c2c(O)c(-c3ccccc3)c3ccccc3c2[nH]1. The number of nitrogen functional groups attached to an aromatic ring is 1. The number of aromatic hydroxyl groups is 1. The molecule has 112 valence electrons. The zero-order chi connectivity index (χ0) is 16.0. The van der Waals surface area contributed by atoms with Crippen molar-refractivity contribution in [3.63, 3.8) is 0 Å². The predicted molar refractivity (Wildman–Crippen MR) is 93.6 cm³/mol. The number of H-pyrrole nitrogens is 1. The molecule has 0 aliphatic carbocycles. The Balaban J connectivity index is 2.31. The van der Waals surface area contributed by atoms with E-state index in [-0.39, 0.29) is 22.4 Å². The summed E-state index contributed by atoms with van der Waals surface area (Å²) in [5, 5.41) is 12.8. The number of aromatic amines is 1. The molecule has 0 bridgehead atoms. The molecule has 0 radical (unpaired) electrons. The lowest BCUT2D eigenvalue weighted by atomic mass is 9.94. The molecule has 4 N–H and O–H groups in total. The van der Waals surface area contributed by atoms with Crippen molar-refractivity contribution in [2.75, 3.05) is 5.73 Å². The first-order valence-electron chi connectivity index (χ1n) is 7.28. The fourth-order valence-electron chi connectivity index (χ4n) is 3.09. The summed E-state index contributed by atoms with van der Waals surface area (Å²) in [6.45, 7) is 0. The van der Waals surface area contributed by atoms with E-state index in [0.29, 0.717) is 11.1 Å². The fraction of sp³-hybridized carbons (Fsp3) is 0. The van der Waals surface area contributed by atoms with Crippen LogP contribution in [0.3, 0.4) is 0 Å². The second-order valence-electron chi connectivity index (χ2n) is 5.47. The van der Waals surface area contributed by atoms with Crippen LogP contribution >= 0.6 is 0 Å². The summed E-state index contributed by atoms with van der Waals surface area (Å²) in [5.41, 5.74) is 7.56. The van der Waals surface area contributed by atoms with Crippen molar-refractivity contribution < 1.29 is 5.11 Å². The van der Waals surface area contributed by atoms with Gasteiger partial charge in [-0.1, -0.05) is 54.6 Å². The average molecular weight is 302 g/mol. The molecule has 4 rings (SSSR count). The van der Waals surface area contributed by atoms with Gasteiger partial charge in [-0.3, -0.25) is 4.79 Å². The third-order valence-corrected chi connectivity index (χ3v) is 4.05. The Labute approximate surface area is 131 Å². The lowest BCUT2D eigenvalue weighted by molar-refractivity contribution is 0.484. The Morgan fingerprint density at radius 3 is 2.30 bits per heavy atom. The van der Waals surface area contributed by atoms with Gasteiger partial charge in [0, 0.05) is 17.0 Å². The highest BCUT2D eigenvalue weighted by molar-refractivity contribution is 6.16. The number of phenolic OH excluding ortho intramolecular Hbond substituents is 1. The van der Waals surface area contributed by atoms with E-state index in [1.165, 1.54) is 6.07 Å². The quantitative estimate of drug-likeness (QED) is 0.470. The monoisotopic (exact) mass is 302 g/mol. The second-order valence-corrected chi connectivity index (χ2v) is 5.47. The number of nitrogens with one attached hydrogen (secondary N) is 1. The zero-order valence-electron chi connectivity index (χ0n) is 12.2. The van der Waals surface area contributed by atoms with Crippen LogP contribution in [0, 0.1) is 0 Å². The Morgan fingerprint density at radius 1 is 0.913 bits per heavy atom. The first kappa shape index (κ1) is 13.4. The van der Waals surface area contributed by atoms with Crippen LogP contribution in [0.15, 0.2) is 65.5 Å². The minimum Gasteiger partial charge on any atom is -0.506 e. The number of benzene rings is 3. The molecule has 3 aromatic carbocycles. The third kappa shape index (κ3) is 1.96. The first-order valence-corrected chi connectivity index (χ1v) is 7.28. The molecule has 0 aliphatic rings. The number of rotatable bonds is 1. The van der Waals surface area contributed by atoms with E-state index in [0.717, 1.165) is 16.3 Å². The lowest BCUT2D eigenvalue weighted by Crippen LogP contribution is -2.06. The second kappa shape index (κ2) is 4.88. The van der Waals surface area contributed by atoms with E-state index in [1.807, 2.05) is 54.6 Å². The van der Waals surface area contributed by atoms with Crippen molar-refractivity contribution in [3.05, 3.63) is 70.9 Å². The van der Waals surface area contributed by atoms with Gasteiger partial charge in [0.1, 0.15) is 11.6 Å². The summed E-state index contributed by atoms with van der Waals surface area (Å²) in [5.74, 6) is 0.255. The van der Waals surface area contributed by atoms with Crippen LogP contribution in [-0.4, -0.2) is 10.1 Å². The molecule has 0 unspecified atom stereocenters. The Morgan fingerprint density at radius 2 is 1.57 bits per heavy atom. The normalized spacial score (nSPS) is 11.1. The highest BCUT2D eigenvalue weighted by Gasteiger charge is 2.17. The predicted octanol–water partition coefficient (Wildman–Crippen LogP) is 3.64. The minimum absolute atomic E-state index is 0.0221. The summed E-state index contributed by atoms with van der Waals surface area (Å²) < 4.78 is 0. The molecule has 4 aromatic rings. The van der Waals surface area contributed by atoms with Gasteiger partial charge < -0.3 is 15.8 Å². The van der Waals surface area contributed by atoms with E-state index >= 15 is 0 Å². The molecule has 4 nitrogen and oxygen atoms in total. The molecule has 1 aromatic heterocycles. The summed E-state index contributed by atoms with van der Waals surface area (Å²) in [6, 6.07) is 18.5. The Bertz CT molecular complexity index is 1100. The van der Waals surface area contributed by atoms with Gasteiger partial charge >= 0.3 is 0 Å². The van der Waals surface area contributed by atoms with Crippen LogP contribution in [0.5, 0.6) is 5.75 Å². The molecule has 0 saturated heterocycles. The number of aromatic nitrogens is 1. The van der Waals surface area contributed by atoms with Crippen LogP contribution < -0.4 is 11.2 Å². The lowest BCUT2D eigenvalue weighted by Gasteiger charge is -2.13. The van der Waals surface area contributed by atoms with E-state index in [1.54, 1.807) is 0 Å². The van der Waals surface area contributed by atoms with Crippen LogP contribution in [0.1, 0.15) is 0 Å². The van der Waals surface area contributed by atoms with Crippen molar-refractivity contribution in [2.45, 2.75) is 0 Å². The van der Waals surface area contributed by atoms with Crippen molar-refractivity contribution in [3.8, 4) is 16.9 Å². The molecule has 0 aliphatic heterocycles. The van der Waals surface area contributed by atoms with Gasteiger partial charge in [0.05, 0.1) is 10.9 Å². The largest absolute Gasteiger partial charge is 0.506 e. The van der Waals surface area contributed by atoms with Gasteiger partial charge in [-0.25, -0.2) is 0 Å². The number of phenols is 1. The van der Waals surface area contributed by atoms with Crippen molar-refractivity contribution in [2.24, 2.45) is 0 Å². The molecule has 0 amide bonds. The van der Waals surface area contributed by atoms with Crippen LogP contribution in [0.25, 0.3) is 32.8 Å². The van der Waals surface area contributed by atoms with E-state index in [2.05, 4.69) is 4.98 Å². The molecule has 0 atom stereocenters. The smallest absolute Gasteiger partial charge is 0.195 e. The van der Waals surface area contributed by atoms with Gasteiger partial charge in [0.25, 0.3) is 0 Å². The number of fused-ring (bicyclic) bond motifs is 3. The third-order valence-electron chi connectivity index (χ3n) is 4.05. The summed E-state index contributed by atoms with van der Waals surface area (Å²) in [4.78, 5) is 15.4. The Hall–Kier alpha value is -3.27. The first-order chi connectivity index (χ1) is 11.2. The van der Waals surface area contributed by atoms with Crippen molar-refractivity contribution >= 4 is 27.5 Å². The molecule has 0 fully saturated rings. The Kier molecular flexibility index (Phi) is 2.84. The van der Waals surface area contributed by atoms with E-state index in [9.17, 15) is 9.90 Å². The van der Waals surface area contributed by atoms with E-state index < -0.39 is 0 Å². The maximum atomic E-state index is 12.4. The summed E-state index contributed by atoms with van der Waals surface area (Å²) >= 11 is 0. The molecular formula is C19H14N2O2. The standard InChI is InChI=1S/C19H14N2O2/c20-15-10-14(22)17-18(21-15)13-9-5-4-8-12(13)16(19(17)23)11-6-2-1-3-7-11/h1-10,23H,(H3,20,21,22). The summed E-state index contributed by atoms with van der Waals surface area (Å²) in [7, 11) is 0. The molecule has 0 saturated carbocycles. The van der Waals surface area contributed by atoms with Crippen LogP contribution in [0.4, 0.5) is 5.82 Å². The average Bonchev–Trinajstić information content (AvgIpc) is 2.55. The molecule has 1 heterocycles. The van der Waals surface area contributed by atoms with Gasteiger partial charge in [-0.15, -0.1) is 0 Å². The number of hydrogen-bond acceptors (Lipinski definition) is 3. The highest BCUT2D eigenvalue weighted by Crippen LogP contribution is 2.41. The van der Waals surface area contributed by atoms with Gasteiger partial charge in [0.2, 0.25) is 0 Å². The summed E-state index contributed by atoms with van der Waals surface area (Å²) in [6.07, 6.45) is 0. The fourth-order valence-corrected chi connectivity index (χ4v) is 3.09. The number of nitrogens with two attached hydrogens (primary N) is 1. The molecule has 4 heteroatoms. The van der Waals surface area contributed by atoms with Gasteiger partial charge in [-0.2, -0.15) is 0 Å². The molecule has 23 heavy (non-hydrogen) atoms. The number of pyridine rings is 1. The van der Waals surface area contributed by atoms with Crippen LogP contribution in [0.2, 0.25) is 0 Å². The maximum absolute atomic E-state index is 12.4. The van der Waals surface area contributed by atoms with Crippen molar-refractivity contribution in [1.29, 1.82) is 0 Å². The maximum Gasteiger partial charge on any atom is 0.195 e.